The molecule has 8 nitrogen and oxygen atoms in total. The number of carbonyl (C=O) groups excluding carboxylic acids is 1. The van der Waals surface area contributed by atoms with E-state index in [-0.39, 0.29) is 12.5 Å². The van der Waals surface area contributed by atoms with Crippen LogP contribution in [0.4, 0.5) is 0 Å². The van der Waals surface area contributed by atoms with Crippen molar-refractivity contribution < 1.29 is 14.3 Å². The van der Waals surface area contributed by atoms with Crippen LogP contribution in [0.2, 0.25) is 5.02 Å². The number of carbonyl (C=O) groups is 1. The summed E-state index contributed by atoms with van der Waals surface area (Å²) in [5.74, 6) is 1.52. The maximum atomic E-state index is 12.1. The van der Waals surface area contributed by atoms with E-state index in [4.69, 9.17) is 21.1 Å². The van der Waals surface area contributed by atoms with Gasteiger partial charge in [-0.15, -0.1) is 15.3 Å². The Labute approximate surface area is 177 Å². The Kier molecular flexibility index (Phi) is 5.76. The van der Waals surface area contributed by atoms with E-state index in [1.54, 1.807) is 48.0 Å². The van der Waals surface area contributed by atoms with Gasteiger partial charge in [-0.2, -0.15) is 4.52 Å². The summed E-state index contributed by atoms with van der Waals surface area (Å²) in [4.78, 5) is 12.1. The van der Waals surface area contributed by atoms with Gasteiger partial charge in [0, 0.05) is 22.2 Å². The maximum Gasteiger partial charge on any atom is 0.251 e. The zero-order valence-corrected chi connectivity index (χ0v) is 16.8. The lowest BCUT2D eigenvalue weighted by Gasteiger charge is -2.08. The van der Waals surface area contributed by atoms with Crippen molar-refractivity contribution in [3.63, 3.8) is 0 Å². The predicted octanol–water partition coefficient (Wildman–Crippen LogP) is 3.26. The third-order valence-electron chi connectivity index (χ3n) is 4.31. The monoisotopic (exact) mass is 423 g/mol. The molecular formula is C21H18ClN5O3. The average molecular weight is 424 g/mol. The fraction of sp³-hybridized carbons (Fsp3) is 0.143. The van der Waals surface area contributed by atoms with Crippen molar-refractivity contribution in [2.75, 3.05) is 20.3 Å². The predicted molar refractivity (Wildman–Crippen MR) is 112 cm³/mol. The highest BCUT2D eigenvalue weighted by molar-refractivity contribution is 6.30. The number of fused-ring (bicyclic) bond motifs is 1. The van der Waals surface area contributed by atoms with Crippen molar-refractivity contribution in [2.24, 2.45) is 0 Å². The second-order valence-electron chi connectivity index (χ2n) is 6.31. The first-order valence-electron chi connectivity index (χ1n) is 9.17. The number of hydrogen-bond acceptors (Lipinski definition) is 6. The fourth-order valence-corrected chi connectivity index (χ4v) is 3.01. The van der Waals surface area contributed by atoms with E-state index in [0.29, 0.717) is 34.5 Å². The van der Waals surface area contributed by atoms with Crippen molar-refractivity contribution in [2.45, 2.75) is 0 Å². The van der Waals surface area contributed by atoms with Gasteiger partial charge in [-0.25, -0.2) is 0 Å². The minimum absolute atomic E-state index is 0.217. The van der Waals surface area contributed by atoms with Crippen molar-refractivity contribution in [1.29, 1.82) is 0 Å². The molecule has 0 aliphatic rings. The Hall–Kier alpha value is -3.65. The average Bonchev–Trinajstić information content (AvgIpc) is 3.20. The van der Waals surface area contributed by atoms with Gasteiger partial charge in [-0.05, 0) is 48.5 Å². The van der Waals surface area contributed by atoms with Crippen LogP contribution in [0.25, 0.3) is 17.0 Å². The number of hydrogen-bond donors (Lipinski definition) is 1. The molecule has 152 valence electrons. The van der Waals surface area contributed by atoms with E-state index in [9.17, 15) is 4.79 Å². The SMILES string of the molecule is COc1ccc(-c2nnc3ccc(OCCNC(=O)c4cccc(Cl)c4)nn23)cc1. The molecule has 0 saturated heterocycles. The highest BCUT2D eigenvalue weighted by Gasteiger charge is 2.11. The molecule has 0 saturated carbocycles. The Morgan fingerprint density at radius 3 is 2.70 bits per heavy atom. The number of nitrogens with one attached hydrogen (secondary N) is 1. The summed E-state index contributed by atoms with van der Waals surface area (Å²) in [5.41, 5.74) is 1.94. The Bertz CT molecular complexity index is 1180. The van der Waals surface area contributed by atoms with E-state index in [0.717, 1.165) is 11.3 Å². The lowest BCUT2D eigenvalue weighted by molar-refractivity contribution is 0.0946. The topological polar surface area (TPSA) is 90.6 Å². The van der Waals surface area contributed by atoms with Crippen LogP contribution in [0, 0.1) is 0 Å². The van der Waals surface area contributed by atoms with Crippen molar-refractivity contribution in [3.8, 4) is 23.0 Å². The second kappa shape index (κ2) is 8.79. The number of benzene rings is 2. The summed E-state index contributed by atoms with van der Waals surface area (Å²) < 4.78 is 12.5. The molecule has 4 aromatic rings. The van der Waals surface area contributed by atoms with Crippen molar-refractivity contribution in [1.82, 2.24) is 25.1 Å². The summed E-state index contributed by atoms with van der Waals surface area (Å²) in [6, 6.07) is 17.7. The minimum atomic E-state index is -0.217. The molecule has 2 heterocycles. The van der Waals surface area contributed by atoms with Crippen LogP contribution in [0.3, 0.4) is 0 Å². The number of nitrogens with zero attached hydrogens (tertiary/aromatic N) is 4. The molecule has 9 heteroatoms. The van der Waals surface area contributed by atoms with Gasteiger partial charge in [0.1, 0.15) is 12.4 Å². The van der Waals surface area contributed by atoms with E-state index in [2.05, 4.69) is 20.6 Å². The molecule has 0 spiro atoms. The molecule has 0 aliphatic carbocycles. The van der Waals surface area contributed by atoms with E-state index >= 15 is 0 Å². The van der Waals surface area contributed by atoms with Crippen LogP contribution in [0.15, 0.2) is 60.7 Å². The van der Waals surface area contributed by atoms with Crippen LogP contribution in [-0.2, 0) is 0 Å². The summed E-state index contributed by atoms with van der Waals surface area (Å²) >= 11 is 5.91. The molecule has 0 bridgehead atoms. The number of halogens is 1. The molecule has 30 heavy (non-hydrogen) atoms. The van der Waals surface area contributed by atoms with E-state index in [1.165, 1.54) is 0 Å². The summed E-state index contributed by atoms with van der Waals surface area (Å²) in [6.07, 6.45) is 0. The standard InChI is InChI=1S/C21H18ClN5O3/c1-29-17-7-5-14(6-8-17)20-25-24-18-9-10-19(26-27(18)20)30-12-11-23-21(28)15-3-2-4-16(22)13-15/h2-10,13H,11-12H2,1H3,(H,23,28). The smallest absolute Gasteiger partial charge is 0.251 e. The van der Waals surface area contributed by atoms with E-state index < -0.39 is 0 Å². The fourth-order valence-electron chi connectivity index (χ4n) is 2.82. The third-order valence-corrected chi connectivity index (χ3v) is 4.55. The molecular weight excluding hydrogens is 406 g/mol. The molecule has 0 aliphatic heterocycles. The Balaban J connectivity index is 1.40. The molecule has 0 atom stereocenters. The maximum absolute atomic E-state index is 12.1. The molecule has 1 N–H and O–H groups in total. The minimum Gasteiger partial charge on any atom is -0.497 e. The van der Waals surface area contributed by atoms with Gasteiger partial charge in [0.15, 0.2) is 11.5 Å². The quantitative estimate of drug-likeness (QED) is 0.459. The number of rotatable bonds is 7. The lowest BCUT2D eigenvalue weighted by atomic mass is 10.2. The van der Waals surface area contributed by atoms with Crippen LogP contribution < -0.4 is 14.8 Å². The Morgan fingerprint density at radius 1 is 1.10 bits per heavy atom. The van der Waals surface area contributed by atoms with Crippen LogP contribution >= 0.6 is 11.6 Å². The summed E-state index contributed by atoms with van der Waals surface area (Å²) in [5, 5.41) is 16.1. The van der Waals surface area contributed by atoms with Gasteiger partial charge in [-0.3, -0.25) is 4.79 Å². The highest BCUT2D eigenvalue weighted by atomic mass is 35.5. The third kappa shape index (κ3) is 4.33. The normalized spacial score (nSPS) is 10.7. The van der Waals surface area contributed by atoms with Crippen molar-refractivity contribution in [3.05, 3.63) is 71.2 Å². The summed E-state index contributed by atoms with van der Waals surface area (Å²) in [6.45, 7) is 0.573. The van der Waals surface area contributed by atoms with Crippen LogP contribution in [0.1, 0.15) is 10.4 Å². The molecule has 0 fully saturated rings. The van der Waals surface area contributed by atoms with E-state index in [1.807, 2.05) is 24.3 Å². The largest absolute Gasteiger partial charge is 0.497 e. The number of ether oxygens (including phenoxy) is 2. The number of methoxy groups -OCH3 is 1. The zero-order valence-electron chi connectivity index (χ0n) is 16.1. The van der Waals surface area contributed by atoms with Gasteiger partial charge in [0.05, 0.1) is 13.7 Å². The van der Waals surface area contributed by atoms with Crippen LogP contribution in [0.5, 0.6) is 11.6 Å². The molecule has 2 aromatic carbocycles. The molecule has 2 aromatic heterocycles. The lowest BCUT2D eigenvalue weighted by Crippen LogP contribution is -2.28. The first kappa shape index (κ1) is 19.7. The zero-order chi connectivity index (χ0) is 20.9. The first-order valence-corrected chi connectivity index (χ1v) is 9.55. The van der Waals surface area contributed by atoms with Gasteiger partial charge in [0.2, 0.25) is 5.88 Å². The molecule has 0 unspecified atom stereocenters. The summed E-state index contributed by atoms with van der Waals surface area (Å²) in [7, 11) is 1.62. The second-order valence-corrected chi connectivity index (χ2v) is 6.74. The molecule has 1 amide bonds. The Morgan fingerprint density at radius 2 is 1.93 bits per heavy atom. The number of amides is 1. The van der Waals surface area contributed by atoms with Gasteiger partial charge in [0.25, 0.3) is 5.91 Å². The van der Waals surface area contributed by atoms with Gasteiger partial charge in [-0.1, -0.05) is 17.7 Å². The molecule has 0 radical (unpaired) electrons. The van der Waals surface area contributed by atoms with Crippen LogP contribution in [-0.4, -0.2) is 46.0 Å². The molecule has 4 rings (SSSR count). The number of aromatic nitrogens is 4. The van der Waals surface area contributed by atoms with Gasteiger partial charge < -0.3 is 14.8 Å². The van der Waals surface area contributed by atoms with Crippen molar-refractivity contribution >= 4 is 23.2 Å². The first-order chi connectivity index (χ1) is 14.6. The highest BCUT2D eigenvalue weighted by Crippen LogP contribution is 2.21. The van der Waals surface area contributed by atoms with Gasteiger partial charge >= 0.3 is 0 Å².